The van der Waals surface area contributed by atoms with Gasteiger partial charge in [-0.25, -0.2) is 9.37 Å². The van der Waals surface area contributed by atoms with Crippen molar-refractivity contribution in [2.45, 2.75) is 19.9 Å². The van der Waals surface area contributed by atoms with Crippen molar-refractivity contribution in [3.05, 3.63) is 69.5 Å². The molecular formula is C25H23FN2O6S. The van der Waals surface area contributed by atoms with Gasteiger partial charge in [0.15, 0.2) is 16.6 Å². The largest absolute Gasteiger partial charge is 0.507 e. The molecule has 8 nitrogen and oxygen atoms in total. The van der Waals surface area contributed by atoms with Gasteiger partial charge in [0.1, 0.15) is 11.6 Å². The van der Waals surface area contributed by atoms with Crippen molar-refractivity contribution in [3.8, 4) is 17.2 Å². The normalized spacial score (nSPS) is 17.1. The summed E-state index contributed by atoms with van der Waals surface area (Å²) in [7, 11) is 4.36. The van der Waals surface area contributed by atoms with Crippen LogP contribution in [-0.2, 0) is 9.59 Å². The van der Waals surface area contributed by atoms with Crippen molar-refractivity contribution in [1.82, 2.24) is 4.98 Å². The smallest absolute Gasteiger partial charge is 0.301 e. The van der Waals surface area contributed by atoms with Crippen LogP contribution >= 0.6 is 11.3 Å². The van der Waals surface area contributed by atoms with E-state index in [1.54, 1.807) is 19.1 Å². The number of hydrogen-bond donors (Lipinski definition) is 1. The molecule has 0 radical (unpaired) electrons. The molecular weight excluding hydrogens is 475 g/mol. The predicted octanol–water partition coefficient (Wildman–Crippen LogP) is 4.55. The topological polar surface area (TPSA) is 98.2 Å². The van der Waals surface area contributed by atoms with E-state index < -0.39 is 29.3 Å². The molecule has 2 aromatic carbocycles. The van der Waals surface area contributed by atoms with Crippen LogP contribution in [0.15, 0.2) is 42.0 Å². The number of hydrogen-bond acceptors (Lipinski definition) is 8. The van der Waals surface area contributed by atoms with Gasteiger partial charge in [0.2, 0.25) is 5.75 Å². The number of thiazole rings is 1. The highest BCUT2D eigenvalue weighted by Crippen LogP contribution is 2.47. The Hall–Kier alpha value is -3.92. The molecule has 1 N–H and O–H groups in total. The molecule has 182 valence electrons. The number of ether oxygens (including phenoxy) is 3. The molecule has 1 fully saturated rings. The Kier molecular flexibility index (Phi) is 6.49. The quantitative estimate of drug-likeness (QED) is 0.302. The highest BCUT2D eigenvalue weighted by molar-refractivity contribution is 7.16. The molecule has 4 rings (SSSR count). The van der Waals surface area contributed by atoms with E-state index in [9.17, 15) is 19.1 Å². The van der Waals surface area contributed by atoms with Crippen LogP contribution in [0.4, 0.5) is 9.52 Å². The van der Waals surface area contributed by atoms with Crippen LogP contribution in [0.3, 0.4) is 0 Å². The predicted molar refractivity (Wildman–Crippen MR) is 129 cm³/mol. The zero-order chi connectivity index (χ0) is 25.4. The molecule has 0 aliphatic carbocycles. The van der Waals surface area contributed by atoms with Gasteiger partial charge < -0.3 is 19.3 Å². The number of carbonyl (C=O) groups is 2. The third kappa shape index (κ3) is 4.10. The second kappa shape index (κ2) is 9.38. The van der Waals surface area contributed by atoms with E-state index in [4.69, 9.17) is 14.2 Å². The summed E-state index contributed by atoms with van der Waals surface area (Å²) in [5, 5.41) is 11.5. The number of benzene rings is 2. The number of ketones is 1. The van der Waals surface area contributed by atoms with Gasteiger partial charge in [-0.15, -0.1) is 11.3 Å². The van der Waals surface area contributed by atoms with Crippen LogP contribution in [-0.4, -0.2) is 43.1 Å². The van der Waals surface area contributed by atoms with Gasteiger partial charge in [-0.1, -0.05) is 0 Å². The van der Waals surface area contributed by atoms with E-state index >= 15 is 0 Å². The minimum Gasteiger partial charge on any atom is -0.507 e. The SMILES string of the molecule is COc1cc([C@H]2/C(=C(\O)c3ccc(F)cc3)C(=O)C(=O)N2c2nc(C)c(C)s2)cc(OC)c1OC. The summed E-state index contributed by atoms with van der Waals surface area (Å²) in [6.45, 7) is 3.67. The van der Waals surface area contributed by atoms with Gasteiger partial charge in [-0.3, -0.25) is 14.5 Å². The molecule has 2 heterocycles. The van der Waals surface area contributed by atoms with Gasteiger partial charge in [0.05, 0.1) is 38.6 Å². The average molecular weight is 499 g/mol. The van der Waals surface area contributed by atoms with E-state index in [0.717, 1.165) is 17.0 Å². The number of aryl methyl sites for hydroxylation is 2. The van der Waals surface area contributed by atoms with Crippen molar-refractivity contribution in [2.24, 2.45) is 0 Å². The molecule has 35 heavy (non-hydrogen) atoms. The van der Waals surface area contributed by atoms with Crippen LogP contribution < -0.4 is 19.1 Å². The van der Waals surface area contributed by atoms with Crippen LogP contribution in [0.5, 0.6) is 17.2 Å². The van der Waals surface area contributed by atoms with Crippen molar-refractivity contribution < 1.29 is 33.3 Å². The number of halogens is 1. The number of Topliss-reactive ketones (excluding diaryl/α,β-unsaturated/α-hetero) is 1. The Morgan fingerprint density at radius 2 is 1.63 bits per heavy atom. The van der Waals surface area contributed by atoms with Crippen molar-refractivity contribution in [3.63, 3.8) is 0 Å². The van der Waals surface area contributed by atoms with Gasteiger partial charge in [-0.2, -0.15) is 0 Å². The van der Waals surface area contributed by atoms with Crippen LogP contribution in [0, 0.1) is 19.7 Å². The van der Waals surface area contributed by atoms with E-state index in [1.165, 1.54) is 49.7 Å². The first-order valence-electron chi connectivity index (χ1n) is 10.5. The third-order valence-electron chi connectivity index (χ3n) is 5.79. The number of rotatable bonds is 6. The summed E-state index contributed by atoms with van der Waals surface area (Å²) in [5.74, 6) is -1.74. The van der Waals surface area contributed by atoms with Crippen LogP contribution in [0.1, 0.15) is 27.7 Å². The molecule has 1 saturated heterocycles. The van der Waals surface area contributed by atoms with Gasteiger partial charge in [-0.05, 0) is 55.8 Å². The number of nitrogens with zero attached hydrogens (tertiary/aromatic N) is 2. The molecule has 1 amide bonds. The summed E-state index contributed by atoms with van der Waals surface area (Å²) in [6.07, 6.45) is 0. The van der Waals surface area contributed by atoms with E-state index in [2.05, 4.69) is 4.98 Å². The molecule has 3 aromatic rings. The van der Waals surface area contributed by atoms with Gasteiger partial charge in [0, 0.05) is 10.4 Å². The Bertz CT molecular complexity index is 1300. The molecule has 0 saturated carbocycles. The number of amides is 1. The Morgan fingerprint density at radius 1 is 1.03 bits per heavy atom. The monoisotopic (exact) mass is 498 g/mol. The maximum absolute atomic E-state index is 13.5. The number of aliphatic hydroxyl groups is 1. The van der Waals surface area contributed by atoms with Crippen molar-refractivity contribution >= 4 is 33.9 Å². The lowest BCUT2D eigenvalue weighted by atomic mass is 9.94. The number of anilines is 1. The van der Waals surface area contributed by atoms with Gasteiger partial charge in [0.25, 0.3) is 5.78 Å². The Balaban J connectivity index is 2.01. The lowest BCUT2D eigenvalue weighted by Crippen LogP contribution is -2.29. The maximum atomic E-state index is 13.5. The van der Waals surface area contributed by atoms with Crippen molar-refractivity contribution in [2.75, 3.05) is 26.2 Å². The molecule has 10 heteroatoms. The first-order valence-corrected chi connectivity index (χ1v) is 11.3. The fraction of sp³-hybridized carbons (Fsp3) is 0.240. The number of carbonyl (C=O) groups excluding carboxylic acids is 2. The molecule has 0 bridgehead atoms. The molecule has 1 aliphatic rings. The number of aromatic nitrogens is 1. The standard InChI is InChI=1S/C25H23FN2O6S/c1-12-13(2)35-25(27-12)28-20(15-10-17(32-3)23(34-5)18(11-15)33-4)19(22(30)24(28)31)21(29)14-6-8-16(26)9-7-14/h6-11,20,29H,1-5H3/b21-19+/t20-/m0/s1. The van der Waals surface area contributed by atoms with Gasteiger partial charge >= 0.3 is 5.91 Å². The molecule has 1 aromatic heterocycles. The van der Waals surface area contributed by atoms with E-state index in [-0.39, 0.29) is 11.1 Å². The first kappa shape index (κ1) is 24.2. The lowest BCUT2D eigenvalue weighted by Gasteiger charge is -2.24. The molecule has 0 spiro atoms. The fourth-order valence-corrected chi connectivity index (χ4v) is 4.86. The minimum absolute atomic E-state index is 0.165. The third-order valence-corrected chi connectivity index (χ3v) is 6.86. The summed E-state index contributed by atoms with van der Waals surface area (Å²) in [6, 6.07) is 7.15. The fourth-order valence-electron chi connectivity index (χ4n) is 3.93. The molecule has 0 unspecified atom stereocenters. The Labute approximate surface area is 205 Å². The first-order chi connectivity index (χ1) is 16.7. The van der Waals surface area contributed by atoms with E-state index in [0.29, 0.717) is 33.6 Å². The second-order valence-corrected chi connectivity index (χ2v) is 8.95. The zero-order valence-electron chi connectivity index (χ0n) is 19.7. The summed E-state index contributed by atoms with van der Waals surface area (Å²) < 4.78 is 29.8. The average Bonchev–Trinajstić information content (AvgIpc) is 3.32. The van der Waals surface area contributed by atoms with Crippen LogP contribution in [0.2, 0.25) is 0 Å². The summed E-state index contributed by atoms with van der Waals surface area (Å²) >= 11 is 1.26. The minimum atomic E-state index is -1.06. The summed E-state index contributed by atoms with van der Waals surface area (Å²) in [4.78, 5) is 33.2. The Morgan fingerprint density at radius 3 is 2.11 bits per heavy atom. The van der Waals surface area contributed by atoms with Crippen molar-refractivity contribution in [1.29, 1.82) is 0 Å². The number of methoxy groups -OCH3 is 3. The second-order valence-electron chi connectivity index (χ2n) is 7.77. The highest BCUT2D eigenvalue weighted by atomic mass is 32.1. The maximum Gasteiger partial charge on any atom is 0.301 e. The van der Waals surface area contributed by atoms with Crippen LogP contribution in [0.25, 0.3) is 5.76 Å². The summed E-state index contributed by atoms with van der Waals surface area (Å²) in [5.41, 5.74) is 1.16. The number of aliphatic hydroxyl groups excluding tert-OH is 1. The highest BCUT2D eigenvalue weighted by Gasteiger charge is 2.48. The lowest BCUT2D eigenvalue weighted by molar-refractivity contribution is -0.132. The molecule has 1 aliphatic heterocycles. The van der Waals surface area contributed by atoms with E-state index in [1.807, 2.05) is 6.92 Å². The molecule has 1 atom stereocenters. The zero-order valence-corrected chi connectivity index (χ0v) is 20.5.